The predicted molar refractivity (Wildman–Crippen MR) is 75.3 cm³/mol. The van der Waals surface area contributed by atoms with Gasteiger partial charge >= 0.3 is 5.97 Å². The van der Waals surface area contributed by atoms with E-state index < -0.39 is 0 Å². The van der Waals surface area contributed by atoms with Crippen molar-refractivity contribution in [2.45, 2.75) is 46.0 Å². The number of rotatable bonds is 5. The molecule has 0 aliphatic heterocycles. The first kappa shape index (κ1) is 15.0. The van der Waals surface area contributed by atoms with E-state index in [-0.39, 0.29) is 11.4 Å². The van der Waals surface area contributed by atoms with Crippen LogP contribution in [0.2, 0.25) is 5.02 Å². The summed E-state index contributed by atoms with van der Waals surface area (Å²) >= 11 is 6.18. The lowest BCUT2D eigenvalue weighted by Crippen LogP contribution is -2.19. The Morgan fingerprint density at radius 2 is 1.89 bits per heavy atom. The predicted octanol–water partition coefficient (Wildman–Crippen LogP) is 4.59. The zero-order chi connectivity index (χ0) is 13.8. The van der Waals surface area contributed by atoms with Gasteiger partial charge in [0, 0.05) is 0 Å². The molecule has 2 nitrogen and oxygen atoms in total. The van der Waals surface area contributed by atoms with E-state index in [9.17, 15) is 4.79 Å². The number of halogens is 1. The SMILES string of the molecule is CCOC(=O)c1ccc(C(C)(CC)CC)cc1Cl. The molecule has 1 aromatic rings. The molecule has 0 bridgehead atoms. The van der Waals surface area contributed by atoms with Gasteiger partial charge in [-0.05, 0) is 42.9 Å². The second kappa shape index (κ2) is 6.24. The average molecular weight is 269 g/mol. The summed E-state index contributed by atoms with van der Waals surface area (Å²) in [6.45, 7) is 8.68. The summed E-state index contributed by atoms with van der Waals surface area (Å²) in [6, 6.07) is 5.63. The van der Waals surface area contributed by atoms with Gasteiger partial charge in [0.25, 0.3) is 0 Å². The van der Waals surface area contributed by atoms with Crippen molar-refractivity contribution in [2.24, 2.45) is 0 Å². The standard InChI is InChI=1S/C15H21ClO2/c1-5-15(4,6-2)11-8-9-12(13(16)10-11)14(17)18-7-3/h8-10H,5-7H2,1-4H3. The fourth-order valence-electron chi connectivity index (χ4n) is 1.92. The Bertz CT molecular complexity index is 423. The zero-order valence-electron chi connectivity index (χ0n) is 11.5. The molecular weight excluding hydrogens is 248 g/mol. The van der Waals surface area contributed by atoms with Crippen molar-refractivity contribution < 1.29 is 9.53 Å². The van der Waals surface area contributed by atoms with Gasteiger partial charge in [0.15, 0.2) is 0 Å². The van der Waals surface area contributed by atoms with Gasteiger partial charge in [0.1, 0.15) is 0 Å². The second-order valence-corrected chi connectivity index (χ2v) is 5.09. The first-order chi connectivity index (χ1) is 8.48. The van der Waals surface area contributed by atoms with Crippen LogP contribution in [0.1, 0.15) is 56.5 Å². The van der Waals surface area contributed by atoms with Crippen LogP contribution in [-0.4, -0.2) is 12.6 Å². The molecule has 0 saturated heterocycles. The Labute approximate surface area is 114 Å². The molecule has 18 heavy (non-hydrogen) atoms. The Hall–Kier alpha value is -1.02. The van der Waals surface area contributed by atoms with Gasteiger partial charge in [0.05, 0.1) is 17.2 Å². The highest BCUT2D eigenvalue weighted by molar-refractivity contribution is 6.33. The lowest BCUT2D eigenvalue weighted by molar-refractivity contribution is 0.0526. The summed E-state index contributed by atoms with van der Waals surface area (Å²) in [5.74, 6) is -0.358. The largest absolute Gasteiger partial charge is 0.462 e. The van der Waals surface area contributed by atoms with E-state index in [1.54, 1.807) is 13.0 Å². The molecule has 0 amide bonds. The topological polar surface area (TPSA) is 26.3 Å². The molecule has 0 aromatic heterocycles. The van der Waals surface area contributed by atoms with Gasteiger partial charge < -0.3 is 4.74 Å². The number of carbonyl (C=O) groups excluding carboxylic acids is 1. The van der Waals surface area contributed by atoms with Crippen LogP contribution in [0.25, 0.3) is 0 Å². The summed E-state index contributed by atoms with van der Waals surface area (Å²) in [7, 11) is 0. The van der Waals surface area contributed by atoms with Gasteiger partial charge in [-0.3, -0.25) is 0 Å². The van der Waals surface area contributed by atoms with Crippen LogP contribution in [0, 0.1) is 0 Å². The summed E-state index contributed by atoms with van der Waals surface area (Å²) in [5.41, 5.74) is 1.72. The summed E-state index contributed by atoms with van der Waals surface area (Å²) in [4.78, 5) is 11.7. The molecule has 0 aliphatic carbocycles. The lowest BCUT2D eigenvalue weighted by atomic mass is 9.78. The number of ether oxygens (including phenoxy) is 1. The van der Waals surface area contributed by atoms with Crippen molar-refractivity contribution in [2.75, 3.05) is 6.61 Å². The fourth-order valence-corrected chi connectivity index (χ4v) is 2.18. The van der Waals surface area contributed by atoms with Crippen LogP contribution >= 0.6 is 11.6 Å². The Balaban J connectivity index is 3.09. The Morgan fingerprint density at radius 3 is 2.33 bits per heavy atom. The molecule has 1 aromatic carbocycles. The van der Waals surface area contributed by atoms with E-state index in [0.717, 1.165) is 12.8 Å². The average Bonchev–Trinajstić information content (AvgIpc) is 2.37. The van der Waals surface area contributed by atoms with Crippen molar-refractivity contribution in [1.82, 2.24) is 0 Å². The smallest absolute Gasteiger partial charge is 0.339 e. The molecular formula is C15H21ClO2. The maximum absolute atomic E-state index is 11.7. The number of carbonyl (C=O) groups is 1. The molecule has 0 spiro atoms. The van der Waals surface area contributed by atoms with Gasteiger partial charge in [-0.1, -0.05) is 38.4 Å². The third kappa shape index (κ3) is 3.05. The number of esters is 1. The molecule has 0 radical (unpaired) electrons. The van der Waals surface area contributed by atoms with Crippen LogP contribution in [0.4, 0.5) is 0 Å². The zero-order valence-corrected chi connectivity index (χ0v) is 12.3. The lowest BCUT2D eigenvalue weighted by Gasteiger charge is -2.27. The molecule has 0 heterocycles. The van der Waals surface area contributed by atoms with Crippen molar-refractivity contribution in [3.63, 3.8) is 0 Å². The summed E-state index contributed by atoms with van der Waals surface area (Å²) in [6.07, 6.45) is 2.08. The van der Waals surface area contributed by atoms with E-state index in [1.165, 1.54) is 5.56 Å². The number of hydrogen-bond acceptors (Lipinski definition) is 2. The van der Waals surface area contributed by atoms with Crippen LogP contribution in [0.3, 0.4) is 0 Å². The van der Waals surface area contributed by atoms with Crippen molar-refractivity contribution in [3.8, 4) is 0 Å². The first-order valence-corrected chi connectivity index (χ1v) is 6.83. The maximum Gasteiger partial charge on any atom is 0.339 e. The van der Waals surface area contributed by atoms with Crippen molar-refractivity contribution >= 4 is 17.6 Å². The van der Waals surface area contributed by atoms with Crippen LogP contribution in [-0.2, 0) is 10.2 Å². The normalized spacial score (nSPS) is 11.4. The van der Waals surface area contributed by atoms with E-state index in [4.69, 9.17) is 16.3 Å². The van der Waals surface area contributed by atoms with E-state index in [2.05, 4.69) is 20.8 Å². The Kier molecular flexibility index (Phi) is 5.21. The maximum atomic E-state index is 11.7. The molecule has 0 unspecified atom stereocenters. The molecule has 100 valence electrons. The fraction of sp³-hybridized carbons (Fsp3) is 0.533. The molecule has 0 N–H and O–H groups in total. The third-order valence-corrected chi connectivity index (χ3v) is 4.03. The molecule has 0 aliphatic rings. The highest BCUT2D eigenvalue weighted by atomic mass is 35.5. The number of benzene rings is 1. The quantitative estimate of drug-likeness (QED) is 0.730. The van der Waals surface area contributed by atoms with Crippen molar-refractivity contribution in [1.29, 1.82) is 0 Å². The number of hydrogen-bond donors (Lipinski definition) is 0. The molecule has 0 atom stereocenters. The van der Waals surface area contributed by atoms with Gasteiger partial charge in [-0.2, -0.15) is 0 Å². The molecule has 0 fully saturated rings. The van der Waals surface area contributed by atoms with Crippen molar-refractivity contribution in [3.05, 3.63) is 34.3 Å². The van der Waals surface area contributed by atoms with E-state index in [1.807, 2.05) is 12.1 Å². The monoisotopic (exact) mass is 268 g/mol. The highest BCUT2D eigenvalue weighted by Crippen LogP contribution is 2.33. The third-order valence-electron chi connectivity index (χ3n) is 3.72. The van der Waals surface area contributed by atoms with Crippen LogP contribution in [0.15, 0.2) is 18.2 Å². The Morgan fingerprint density at radius 1 is 1.28 bits per heavy atom. The van der Waals surface area contributed by atoms with Crippen LogP contribution < -0.4 is 0 Å². The molecule has 0 saturated carbocycles. The van der Waals surface area contributed by atoms with E-state index in [0.29, 0.717) is 17.2 Å². The molecule has 3 heteroatoms. The minimum Gasteiger partial charge on any atom is -0.462 e. The first-order valence-electron chi connectivity index (χ1n) is 6.45. The van der Waals surface area contributed by atoms with Gasteiger partial charge in [-0.25, -0.2) is 4.79 Å². The van der Waals surface area contributed by atoms with Crippen LogP contribution in [0.5, 0.6) is 0 Å². The molecule has 1 rings (SSSR count). The van der Waals surface area contributed by atoms with E-state index >= 15 is 0 Å². The van der Waals surface area contributed by atoms with Gasteiger partial charge in [-0.15, -0.1) is 0 Å². The minimum absolute atomic E-state index is 0.108. The minimum atomic E-state index is -0.358. The van der Waals surface area contributed by atoms with Gasteiger partial charge in [0.2, 0.25) is 0 Å². The highest BCUT2D eigenvalue weighted by Gasteiger charge is 2.23. The summed E-state index contributed by atoms with van der Waals surface area (Å²) in [5, 5.41) is 0.471. The second-order valence-electron chi connectivity index (χ2n) is 4.68. The summed E-state index contributed by atoms with van der Waals surface area (Å²) < 4.78 is 4.96.